The van der Waals surface area contributed by atoms with Crippen molar-refractivity contribution in [3.8, 4) is 0 Å². The zero-order valence-electron chi connectivity index (χ0n) is 17.5. The van der Waals surface area contributed by atoms with Gasteiger partial charge in [0.25, 0.3) is 5.56 Å². The number of amides is 1. The van der Waals surface area contributed by atoms with Crippen LogP contribution in [0, 0.1) is 0 Å². The number of aromatic nitrogens is 2. The van der Waals surface area contributed by atoms with E-state index in [4.69, 9.17) is 4.98 Å². The molecule has 5 rings (SSSR count). The number of carbonyl (C=O) groups excluding carboxylic acids is 1. The Hall–Kier alpha value is -2.60. The molecule has 1 unspecified atom stereocenters. The zero-order chi connectivity index (χ0) is 21.2. The van der Waals surface area contributed by atoms with Crippen LogP contribution in [0.25, 0.3) is 10.9 Å². The van der Waals surface area contributed by atoms with Gasteiger partial charge in [-0.3, -0.25) is 14.2 Å². The predicted octanol–water partition coefficient (Wildman–Crippen LogP) is 4.80. The van der Waals surface area contributed by atoms with Crippen molar-refractivity contribution in [3.63, 3.8) is 0 Å². The highest BCUT2D eigenvalue weighted by Crippen LogP contribution is 2.33. The standard InChI is InChI=1S/C25H27N3O2S/c29-23(26-21-15-7-9-17-8-1-4-12-19(17)21)16-31-25-27-22-14-6-5-13-20(22)24(30)28(25)18-10-2-3-11-18/h1,4-6,8,12-14,18,21H,2-3,7,9-11,15-16H2,(H,26,29). The first-order chi connectivity index (χ1) is 15.2. The van der Waals surface area contributed by atoms with Crippen LogP contribution < -0.4 is 10.9 Å². The van der Waals surface area contributed by atoms with Gasteiger partial charge in [0.15, 0.2) is 5.16 Å². The number of rotatable bonds is 5. The molecule has 1 aromatic heterocycles. The highest BCUT2D eigenvalue weighted by atomic mass is 32.2. The molecule has 5 nitrogen and oxygen atoms in total. The van der Waals surface area contributed by atoms with E-state index in [1.807, 2.05) is 34.9 Å². The van der Waals surface area contributed by atoms with Crippen LogP contribution in [-0.2, 0) is 11.2 Å². The number of fused-ring (bicyclic) bond motifs is 2. The van der Waals surface area contributed by atoms with E-state index in [1.54, 1.807) is 0 Å². The Morgan fingerprint density at radius 1 is 1.03 bits per heavy atom. The monoisotopic (exact) mass is 433 g/mol. The Morgan fingerprint density at radius 2 is 1.81 bits per heavy atom. The van der Waals surface area contributed by atoms with E-state index < -0.39 is 0 Å². The molecule has 0 bridgehead atoms. The molecule has 2 aromatic carbocycles. The predicted molar refractivity (Wildman–Crippen MR) is 124 cm³/mol. The number of hydrogen-bond donors (Lipinski definition) is 1. The molecule has 3 aromatic rings. The summed E-state index contributed by atoms with van der Waals surface area (Å²) in [6.07, 6.45) is 7.39. The van der Waals surface area contributed by atoms with Gasteiger partial charge < -0.3 is 5.32 Å². The van der Waals surface area contributed by atoms with E-state index >= 15 is 0 Å². The molecule has 160 valence electrons. The molecule has 31 heavy (non-hydrogen) atoms. The Labute approximate surface area is 186 Å². The van der Waals surface area contributed by atoms with Gasteiger partial charge >= 0.3 is 0 Å². The lowest BCUT2D eigenvalue weighted by Gasteiger charge is -2.26. The summed E-state index contributed by atoms with van der Waals surface area (Å²) in [6, 6.07) is 16.1. The number of hydrogen-bond acceptors (Lipinski definition) is 4. The van der Waals surface area contributed by atoms with Crippen molar-refractivity contribution < 1.29 is 4.79 Å². The van der Waals surface area contributed by atoms with Gasteiger partial charge in [-0.25, -0.2) is 4.98 Å². The first-order valence-electron chi connectivity index (χ1n) is 11.2. The number of thioether (sulfide) groups is 1. The molecule has 1 amide bonds. The van der Waals surface area contributed by atoms with Crippen LogP contribution >= 0.6 is 11.8 Å². The van der Waals surface area contributed by atoms with Crippen LogP contribution in [0.5, 0.6) is 0 Å². The van der Waals surface area contributed by atoms with Gasteiger partial charge in [-0.1, -0.05) is 61.0 Å². The summed E-state index contributed by atoms with van der Waals surface area (Å²) in [7, 11) is 0. The molecule has 0 spiro atoms. The normalized spacial score (nSPS) is 18.8. The largest absolute Gasteiger partial charge is 0.349 e. The second-order valence-corrected chi connectivity index (χ2v) is 9.47. The maximum absolute atomic E-state index is 13.2. The van der Waals surface area contributed by atoms with Gasteiger partial charge in [-0.15, -0.1) is 0 Å². The summed E-state index contributed by atoms with van der Waals surface area (Å²) >= 11 is 1.38. The highest BCUT2D eigenvalue weighted by molar-refractivity contribution is 7.99. The number of aryl methyl sites for hydroxylation is 1. The zero-order valence-corrected chi connectivity index (χ0v) is 18.4. The van der Waals surface area contributed by atoms with Crippen LogP contribution in [0.4, 0.5) is 0 Å². The van der Waals surface area contributed by atoms with E-state index in [-0.39, 0.29) is 29.3 Å². The maximum Gasteiger partial charge on any atom is 0.262 e. The third-order valence-electron chi connectivity index (χ3n) is 6.50. The number of carbonyl (C=O) groups is 1. The molecule has 1 heterocycles. The second-order valence-electron chi connectivity index (χ2n) is 8.52. The van der Waals surface area contributed by atoms with E-state index in [9.17, 15) is 9.59 Å². The van der Waals surface area contributed by atoms with Crippen molar-refractivity contribution in [3.05, 3.63) is 70.0 Å². The van der Waals surface area contributed by atoms with Gasteiger partial charge in [0, 0.05) is 6.04 Å². The minimum Gasteiger partial charge on any atom is -0.349 e. The molecular weight excluding hydrogens is 406 g/mol. The first kappa shape index (κ1) is 20.3. The first-order valence-corrected chi connectivity index (χ1v) is 12.2. The Morgan fingerprint density at radius 3 is 2.68 bits per heavy atom. The maximum atomic E-state index is 13.2. The summed E-state index contributed by atoms with van der Waals surface area (Å²) < 4.78 is 1.85. The molecule has 2 aliphatic rings. The Bertz CT molecular complexity index is 1170. The number of nitrogens with zero attached hydrogens (tertiary/aromatic N) is 2. The van der Waals surface area contributed by atoms with Gasteiger partial charge in [-0.05, 0) is 55.4 Å². The molecule has 0 radical (unpaired) electrons. The van der Waals surface area contributed by atoms with Gasteiger partial charge in [0.2, 0.25) is 5.91 Å². The van der Waals surface area contributed by atoms with E-state index in [2.05, 4.69) is 23.5 Å². The van der Waals surface area contributed by atoms with Crippen molar-refractivity contribution in [2.24, 2.45) is 0 Å². The summed E-state index contributed by atoms with van der Waals surface area (Å²) in [5.41, 5.74) is 3.28. The van der Waals surface area contributed by atoms with Crippen LogP contribution in [0.1, 0.15) is 61.7 Å². The Kier molecular flexibility index (Phi) is 5.81. The fraction of sp³-hybridized carbons (Fsp3) is 0.400. The molecular formula is C25H27N3O2S. The number of para-hydroxylation sites is 1. The lowest BCUT2D eigenvalue weighted by atomic mass is 9.88. The van der Waals surface area contributed by atoms with Crippen molar-refractivity contribution >= 4 is 28.6 Å². The molecule has 0 aliphatic heterocycles. The van der Waals surface area contributed by atoms with Crippen molar-refractivity contribution in [2.75, 3.05) is 5.75 Å². The van der Waals surface area contributed by atoms with Crippen LogP contribution in [0.2, 0.25) is 0 Å². The van der Waals surface area contributed by atoms with E-state index in [1.165, 1.54) is 22.9 Å². The fourth-order valence-corrected chi connectivity index (χ4v) is 5.86. The van der Waals surface area contributed by atoms with Crippen molar-refractivity contribution in [2.45, 2.75) is 62.2 Å². The van der Waals surface area contributed by atoms with Crippen molar-refractivity contribution in [1.82, 2.24) is 14.9 Å². The average Bonchev–Trinajstić information content (AvgIpc) is 3.32. The van der Waals surface area contributed by atoms with Crippen LogP contribution in [0.3, 0.4) is 0 Å². The summed E-state index contributed by atoms with van der Waals surface area (Å²) in [4.78, 5) is 30.9. The summed E-state index contributed by atoms with van der Waals surface area (Å²) in [6.45, 7) is 0. The van der Waals surface area contributed by atoms with Crippen molar-refractivity contribution in [1.29, 1.82) is 0 Å². The molecule has 1 N–H and O–H groups in total. The van der Waals surface area contributed by atoms with Gasteiger partial charge in [0.05, 0.1) is 22.7 Å². The SMILES string of the molecule is O=C(CSc1nc2ccccc2c(=O)n1C1CCCC1)NC1CCCc2ccccc21. The molecule has 0 saturated heterocycles. The number of benzene rings is 2. The molecule has 1 atom stereocenters. The minimum atomic E-state index is -0.00733. The van der Waals surface area contributed by atoms with E-state index in [0.29, 0.717) is 16.1 Å². The quantitative estimate of drug-likeness (QED) is 0.464. The van der Waals surface area contributed by atoms with Crippen LogP contribution in [-0.4, -0.2) is 21.2 Å². The summed E-state index contributed by atoms with van der Waals surface area (Å²) in [5.74, 6) is 0.253. The molecule has 1 saturated carbocycles. The van der Waals surface area contributed by atoms with E-state index in [0.717, 1.165) is 44.9 Å². The number of nitrogens with one attached hydrogen (secondary N) is 1. The smallest absolute Gasteiger partial charge is 0.262 e. The lowest BCUT2D eigenvalue weighted by molar-refractivity contribution is -0.119. The van der Waals surface area contributed by atoms with Gasteiger partial charge in [-0.2, -0.15) is 0 Å². The second kappa shape index (κ2) is 8.87. The topological polar surface area (TPSA) is 64.0 Å². The molecule has 1 fully saturated rings. The van der Waals surface area contributed by atoms with Crippen LogP contribution in [0.15, 0.2) is 58.5 Å². The lowest BCUT2D eigenvalue weighted by Crippen LogP contribution is -2.32. The summed E-state index contributed by atoms with van der Waals surface area (Å²) in [5, 5.41) is 4.53. The average molecular weight is 434 g/mol. The highest BCUT2D eigenvalue weighted by Gasteiger charge is 2.25. The third kappa shape index (κ3) is 4.13. The minimum absolute atomic E-state index is 0.00733. The molecule has 2 aliphatic carbocycles. The van der Waals surface area contributed by atoms with Gasteiger partial charge in [0.1, 0.15) is 0 Å². The molecule has 6 heteroatoms. The fourth-order valence-electron chi connectivity index (χ4n) is 4.98. The third-order valence-corrected chi connectivity index (χ3v) is 7.45. The Balaban J connectivity index is 1.36.